The maximum absolute atomic E-state index is 9.99. The number of benzene rings is 1. The fourth-order valence-electron chi connectivity index (χ4n) is 2.41. The molecular weight excluding hydrogens is 310 g/mol. The van der Waals surface area contributed by atoms with E-state index in [2.05, 4.69) is 20.8 Å². The van der Waals surface area contributed by atoms with E-state index >= 15 is 0 Å². The lowest BCUT2D eigenvalue weighted by molar-refractivity contribution is 0.0532. The molecule has 0 saturated carbocycles. The number of hydrogen-bond donors (Lipinski definition) is 2. The van der Waals surface area contributed by atoms with E-state index < -0.39 is 6.10 Å². The summed E-state index contributed by atoms with van der Waals surface area (Å²) in [6, 6.07) is 7.76. The fraction of sp³-hybridized carbons (Fsp3) is 0.571. The number of hydrogen-bond acceptors (Lipinski definition) is 4. The minimum Gasteiger partial charge on any atom is -0.491 e. The van der Waals surface area contributed by atoms with Crippen LogP contribution in [0.2, 0.25) is 0 Å². The normalized spacial score (nSPS) is 21.5. The number of aliphatic hydroxyl groups is 2. The molecule has 19 heavy (non-hydrogen) atoms. The number of halogens is 1. The van der Waals surface area contributed by atoms with Crippen molar-refractivity contribution in [3.05, 3.63) is 28.7 Å². The minimum atomic E-state index is -0.536. The van der Waals surface area contributed by atoms with Crippen molar-refractivity contribution < 1.29 is 14.9 Å². The Morgan fingerprint density at radius 3 is 3.05 bits per heavy atom. The average Bonchev–Trinajstić information content (AvgIpc) is 2.84. The van der Waals surface area contributed by atoms with Gasteiger partial charge in [0, 0.05) is 17.1 Å². The van der Waals surface area contributed by atoms with Gasteiger partial charge in [-0.25, -0.2) is 0 Å². The third-order valence-corrected chi connectivity index (χ3v) is 3.89. The van der Waals surface area contributed by atoms with E-state index in [9.17, 15) is 10.2 Å². The molecule has 1 aliphatic heterocycles. The Morgan fingerprint density at radius 1 is 1.47 bits per heavy atom. The zero-order valence-electron chi connectivity index (χ0n) is 10.8. The van der Waals surface area contributed by atoms with E-state index in [0.717, 1.165) is 29.6 Å². The number of β-amino-alcohol motifs (C(OH)–C–C–N with tert-alkyl or cyclic N) is 1. The first-order valence-corrected chi connectivity index (χ1v) is 7.39. The van der Waals surface area contributed by atoms with Crippen LogP contribution in [-0.2, 0) is 0 Å². The number of aliphatic hydroxyl groups excluding tert-OH is 2. The van der Waals surface area contributed by atoms with E-state index in [4.69, 9.17) is 4.74 Å². The zero-order valence-corrected chi connectivity index (χ0v) is 12.4. The first-order chi connectivity index (χ1) is 9.19. The SMILES string of the molecule is OCC1CCCN1CC(O)COc1cccc(Br)c1. The summed E-state index contributed by atoms with van der Waals surface area (Å²) in [6.07, 6.45) is 1.56. The smallest absolute Gasteiger partial charge is 0.120 e. The van der Waals surface area contributed by atoms with Crippen LogP contribution in [-0.4, -0.2) is 53.6 Å². The lowest BCUT2D eigenvalue weighted by Gasteiger charge is -2.25. The molecule has 1 aromatic carbocycles. The van der Waals surface area contributed by atoms with Crippen LogP contribution in [0.3, 0.4) is 0 Å². The molecular formula is C14H20BrNO3. The first kappa shape index (κ1) is 14.8. The molecule has 5 heteroatoms. The summed E-state index contributed by atoms with van der Waals surface area (Å²) in [7, 11) is 0. The summed E-state index contributed by atoms with van der Waals surface area (Å²) in [5.41, 5.74) is 0. The lowest BCUT2D eigenvalue weighted by atomic mass is 10.2. The molecule has 1 aliphatic rings. The van der Waals surface area contributed by atoms with Crippen LogP contribution in [0.15, 0.2) is 28.7 Å². The molecule has 0 aliphatic carbocycles. The summed E-state index contributed by atoms with van der Waals surface area (Å²) in [4.78, 5) is 2.13. The van der Waals surface area contributed by atoms with Crippen LogP contribution in [0.5, 0.6) is 5.75 Å². The van der Waals surface area contributed by atoms with Crippen molar-refractivity contribution in [3.63, 3.8) is 0 Å². The van der Waals surface area contributed by atoms with Gasteiger partial charge in [-0.15, -0.1) is 0 Å². The van der Waals surface area contributed by atoms with Crippen molar-refractivity contribution in [2.24, 2.45) is 0 Å². The molecule has 0 amide bonds. The number of nitrogens with zero attached hydrogens (tertiary/aromatic N) is 1. The Balaban J connectivity index is 1.76. The molecule has 2 rings (SSSR count). The lowest BCUT2D eigenvalue weighted by Crippen LogP contribution is -2.40. The van der Waals surface area contributed by atoms with Gasteiger partial charge in [0.1, 0.15) is 18.5 Å². The highest BCUT2D eigenvalue weighted by Crippen LogP contribution is 2.19. The quantitative estimate of drug-likeness (QED) is 0.833. The van der Waals surface area contributed by atoms with E-state index in [1.54, 1.807) is 0 Å². The molecule has 0 aromatic heterocycles. The molecule has 106 valence electrons. The van der Waals surface area contributed by atoms with Crippen LogP contribution in [0.4, 0.5) is 0 Å². The molecule has 1 fully saturated rings. The van der Waals surface area contributed by atoms with Crippen molar-refractivity contribution in [2.75, 3.05) is 26.3 Å². The molecule has 0 bridgehead atoms. The van der Waals surface area contributed by atoms with E-state index in [0.29, 0.717) is 6.54 Å². The molecule has 0 radical (unpaired) electrons. The third kappa shape index (κ3) is 4.45. The van der Waals surface area contributed by atoms with Crippen LogP contribution in [0.25, 0.3) is 0 Å². The summed E-state index contributed by atoms with van der Waals surface area (Å²) in [5, 5.41) is 19.2. The van der Waals surface area contributed by atoms with Gasteiger partial charge in [0.05, 0.1) is 6.61 Å². The van der Waals surface area contributed by atoms with Gasteiger partial charge in [-0.3, -0.25) is 4.90 Å². The Bertz CT molecular complexity index is 402. The van der Waals surface area contributed by atoms with Crippen LogP contribution in [0, 0.1) is 0 Å². The minimum absolute atomic E-state index is 0.166. The van der Waals surface area contributed by atoms with E-state index in [1.807, 2.05) is 24.3 Å². The van der Waals surface area contributed by atoms with Gasteiger partial charge in [-0.2, -0.15) is 0 Å². The van der Waals surface area contributed by atoms with Gasteiger partial charge in [0.15, 0.2) is 0 Å². The summed E-state index contributed by atoms with van der Waals surface area (Å²) >= 11 is 3.38. The number of rotatable bonds is 6. The van der Waals surface area contributed by atoms with Gasteiger partial charge in [0.25, 0.3) is 0 Å². The van der Waals surface area contributed by atoms with Gasteiger partial charge in [0.2, 0.25) is 0 Å². The maximum Gasteiger partial charge on any atom is 0.120 e. The predicted octanol–water partition coefficient (Wildman–Crippen LogP) is 1.65. The monoisotopic (exact) mass is 329 g/mol. The molecule has 2 atom stereocenters. The largest absolute Gasteiger partial charge is 0.491 e. The average molecular weight is 330 g/mol. The van der Waals surface area contributed by atoms with E-state index in [-0.39, 0.29) is 19.3 Å². The Hall–Kier alpha value is -0.620. The second kappa shape index (κ2) is 7.24. The first-order valence-electron chi connectivity index (χ1n) is 6.60. The number of likely N-dealkylation sites (tertiary alicyclic amines) is 1. The Kier molecular flexibility index (Phi) is 5.63. The van der Waals surface area contributed by atoms with Gasteiger partial charge in [-0.05, 0) is 37.6 Å². The molecule has 0 spiro atoms. The van der Waals surface area contributed by atoms with E-state index in [1.165, 1.54) is 0 Å². The van der Waals surface area contributed by atoms with Crippen molar-refractivity contribution in [2.45, 2.75) is 25.0 Å². The Labute approximate surface area is 122 Å². The van der Waals surface area contributed by atoms with Crippen LogP contribution in [0.1, 0.15) is 12.8 Å². The highest BCUT2D eigenvalue weighted by molar-refractivity contribution is 9.10. The summed E-state index contributed by atoms with van der Waals surface area (Å²) < 4.78 is 6.52. The van der Waals surface area contributed by atoms with Gasteiger partial charge in [-0.1, -0.05) is 22.0 Å². The second-order valence-corrected chi connectivity index (χ2v) is 5.81. The molecule has 4 nitrogen and oxygen atoms in total. The van der Waals surface area contributed by atoms with Crippen molar-refractivity contribution in [1.29, 1.82) is 0 Å². The summed E-state index contributed by atoms with van der Waals surface area (Å²) in [6.45, 7) is 1.93. The molecule has 2 unspecified atom stereocenters. The second-order valence-electron chi connectivity index (χ2n) is 4.90. The predicted molar refractivity (Wildman–Crippen MR) is 77.3 cm³/mol. The Morgan fingerprint density at radius 2 is 2.32 bits per heavy atom. The zero-order chi connectivity index (χ0) is 13.7. The fourth-order valence-corrected chi connectivity index (χ4v) is 2.79. The summed E-state index contributed by atoms with van der Waals surface area (Å²) in [5.74, 6) is 0.744. The van der Waals surface area contributed by atoms with Crippen molar-refractivity contribution in [1.82, 2.24) is 4.90 Å². The molecule has 1 saturated heterocycles. The van der Waals surface area contributed by atoms with Gasteiger partial charge >= 0.3 is 0 Å². The number of ether oxygens (including phenoxy) is 1. The van der Waals surface area contributed by atoms with Crippen molar-refractivity contribution in [3.8, 4) is 5.75 Å². The highest BCUT2D eigenvalue weighted by atomic mass is 79.9. The topological polar surface area (TPSA) is 52.9 Å². The molecule has 1 aromatic rings. The maximum atomic E-state index is 9.99. The van der Waals surface area contributed by atoms with Gasteiger partial charge < -0.3 is 14.9 Å². The van der Waals surface area contributed by atoms with Crippen LogP contribution >= 0.6 is 15.9 Å². The standard InChI is InChI=1S/C14H20BrNO3/c15-11-3-1-5-14(7-11)19-10-13(18)8-16-6-2-4-12(16)9-17/h1,3,5,7,12-13,17-18H,2,4,6,8-10H2. The van der Waals surface area contributed by atoms with Crippen LogP contribution < -0.4 is 4.74 Å². The molecule has 1 heterocycles. The molecule has 2 N–H and O–H groups in total. The van der Waals surface area contributed by atoms with Crippen molar-refractivity contribution >= 4 is 15.9 Å². The third-order valence-electron chi connectivity index (χ3n) is 3.39. The highest BCUT2D eigenvalue weighted by Gasteiger charge is 2.25.